The predicted molar refractivity (Wildman–Crippen MR) is 76.5 cm³/mol. The van der Waals surface area contributed by atoms with Crippen LogP contribution in [0, 0.1) is 11.3 Å². The summed E-state index contributed by atoms with van der Waals surface area (Å²) < 4.78 is 5.48. The molecule has 0 aliphatic carbocycles. The second-order valence-corrected chi connectivity index (χ2v) is 4.63. The highest BCUT2D eigenvalue weighted by Crippen LogP contribution is 2.11. The summed E-state index contributed by atoms with van der Waals surface area (Å²) in [5.74, 6) is 0.632. The number of benzene rings is 1. The predicted octanol–water partition coefficient (Wildman–Crippen LogP) is 1.00. The van der Waals surface area contributed by atoms with Crippen LogP contribution in [0.25, 0.3) is 0 Å². The summed E-state index contributed by atoms with van der Waals surface area (Å²) in [6, 6.07) is 8.82. The van der Waals surface area contributed by atoms with Crippen LogP contribution in [-0.4, -0.2) is 54.1 Å². The number of nitrogens with zero attached hydrogens (tertiary/aromatic N) is 2. The first kappa shape index (κ1) is 16.4. The van der Waals surface area contributed by atoms with Gasteiger partial charge in [0.15, 0.2) is 0 Å². The second kappa shape index (κ2) is 9.32. The maximum absolute atomic E-state index is 9.93. The van der Waals surface area contributed by atoms with Crippen molar-refractivity contribution in [2.75, 3.05) is 32.8 Å². The highest BCUT2D eigenvalue weighted by molar-refractivity contribution is 5.34. The van der Waals surface area contributed by atoms with E-state index in [0.717, 1.165) is 13.0 Å². The minimum atomic E-state index is -0.608. The molecule has 20 heavy (non-hydrogen) atoms. The molecule has 1 unspecified atom stereocenters. The van der Waals surface area contributed by atoms with Crippen LogP contribution in [-0.2, 0) is 0 Å². The van der Waals surface area contributed by atoms with E-state index in [9.17, 15) is 5.11 Å². The molecule has 0 radical (unpaired) electrons. The van der Waals surface area contributed by atoms with Crippen LogP contribution in [0.2, 0.25) is 0 Å². The smallest absolute Gasteiger partial charge is 0.119 e. The van der Waals surface area contributed by atoms with Gasteiger partial charge in [-0.2, -0.15) is 5.26 Å². The van der Waals surface area contributed by atoms with Gasteiger partial charge in [-0.15, -0.1) is 0 Å². The molecule has 1 rings (SSSR count). The number of ether oxygens (including phenoxy) is 1. The number of rotatable bonds is 9. The van der Waals surface area contributed by atoms with Crippen LogP contribution >= 0.6 is 0 Å². The molecule has 0 aliphatic rings. The van der Waals surface area contributed by atoms with E-state index in [0.29, 0.717) is 24.4 Å². The molecule has 0 amide bonds. The van der Waals surface area contributed by atoms with E-state index >= 15 is 0 Å². The van der Waals surface area contributed by atoms with Crippen molar-refractivity contribution >= 4 is 0 Å². The van der Waals surface area contributed by atoms with Crippen molar-refractivity contribution in [2.24, 2.45) is 0 Å². The van der Waals surface area contributed by atoms with Gasteiger partial charge in [-0.3, -0.25) is 4.90 Å². The lowest BCUT2D eigenvalue weighted by molar-refractivity contribution is 0.0619. The van der Waals surface area contributed by atoms with Crippen LogP contribution in [0.3, 0.4) is 0 Å². The Morgan fingerprint density at radius 1 is 1.30 bits per heavy atom. The molecule has 2 N–H and O–H groups in total. The van der Waals surface area contributed by atoms with Crippen LogP contribution in [0.1, 0.15) is 18.9 Å². The Balaban J connectivity index is 2.37. The maximum atomic E-state index is 9.93. The monoisotopic (exact) mass is 278 g/mol. The number of hydrogen-bond donors (Lipinski definition) is 2. The van der Waals surface area contributed by atoms with Gasteiger partial charge >= 0.3 is 0 Å². The van der Waals surface area contributed by atoms with Crippen molar-refractivity contribution in [1.29, 1.82) is 5.26 Å². The van der Waals surface area contributed by atoms with E-state index in [1.165, 1.54) is 0 Å². The number of hydrogen-bond acceptors (Lipinski definition) is 5. The lowest BCUT2D eigenvalue weighted by Crippen LogP contribution is -2.37. The molecule has 0 aliphatic heterocycles. The molecule has 0 spiro atoms. The Labute approximate surface area is 120 Å². The Morgan fingerprint density at radius 2 is 2.00 bits per heavy atom. The van der Waals surface area contributed by atoms with Gasteiger partial charge in [0, 0.05) is 13.1 Å². The molecule has 0 saturated carbocycles. The van der Waals surface area contributed by atoms with E-state index in [1.807, 2.05) is 11.0 Å². The standard InChI is InChI=1S/C15H22N2O3/c1-2-7-17(8-9-18)11-14(19)12-20-15-5-3-13(10-16)4-6-15/h3-6,14,18-19H,2,7-9,11-12H2,1H3. The van der Waals surface area contributed by atoms with Crippen molar-refractivity contribution in [3.05, 3.63) is 29.8 Å². The zero-order chi connectivity index (χ0) is 14.8. The fourth-order valence-corrected chi connectivity index (χ4v) is 1.92. The van der Waals surface area contributed by atoms with Crippen molar-refractivity contribution in [3.63, 3.8) is 0 Å². The van der Waals surface area contributed by atoms with Crippen LogP contribution in [0.15, 0.2) is 24.3 Å². The Bertz CT molecular complexity index is 408. The third-order valence-electron chi connectivity index (χ3n) is 2.85. The van der Waals surface area contributed by atoms with Gasteiger partial charge in [-0.25, -0.2) is 0 Å². The first-order valence-electron chi connectivity index (χ1n) is 6.83. The molecule has 0 aromatic heterocycles. The highest BCUT2D eigenvalue weighted by Gasteiger charge is 2.11. The van der Waals surface area contributed by atoms with Gasteiger partial charge in [0.2, 0.25) is 0 Å². The molecular formula is C15H22N2O3. The van der Waals surface area contributed by atoms with Crippen molar-refractivity contribution in [2.45, 2.75) is 19.4 Å². The topological polar surface area (TPSA) is 76.7 Å². The van der Waals surface area contributed by atoms with E-state index in [4.69, 9.17) is 15.1 Å². The Morgan fingerprint density at radius 3 is 2.55 bits per heavy atom. The minimum absolute atomic E-state index is 0.0865. The third kappa shape index (κ3) is 6.02. The largest absolute Gasteiger partial charge is 0.491 e. The molecule has 5 nitrogen and oxygen atoms in total. The molecule has 0 saturated heterocycles. The quantitative estimate of drug-likeness (QED) is 0.705. The van der Waals surface area contributed by atoms with Crippen molar-refractivity contribution in [1.82, 2.24) is 4.90 Å². The summed E-state index contributed by atoms with van der Waals surface area (Å²) in [4.78, 5) is 2.01. The molecule has 0 fully saturated rings. The van der Waals surface area contributed by atoms with E-state index in [1.54, 1.807) is 24.3 Å². The molecule has 1 aromatic rings. The molecule has 1 atom stereocenters. The van der Waals surface area contributed by atoms with Gasteiger partial charge in [-0.1, -0.05) is 6.92 Å². The minimum Gasteiger partial charge on any atom is -0.491 e. The molecule has 5 heteroatoms. The summed E-state index contributed by atoms with van der Waals surface area (Å²) in [6.45, 7) is 4.21. The fraction of sp³-hybridized carbons (Fsp3) is 0.533. The summed E-state index contributed by atoms with van der Waals surface area (Å²) in [5.41, 5.74) is 0.579. The van der Waals surface area contributed by atoms with Crippen LogP contribution in [0.5, 0.6) is 5.75 Å². The number of aliphatic hydroxyl groups is 2. The summed E-state index contributed by atoms with van der Waals surface area (Å²) in [5, 5.41) is 27.6. The van der Waals surface area contributed by atoms with E-state index in [-0.39, 0.29) is 13.2 Å². The Kier molecular flexibility index (Phi) is 7.66. The maximum Gasteiger partial charge on any atom is 0.119 e. The first-order valence-corrected chi connectivity index (χ1v) is 6.83. The molecule has 0 bridgehead atoms. The normalized spacial score (nSPS) is 12.2. The molecular weight excluding hydrogens is 256 g/mol. The third-order valence-corrected chi connectivity index (χ3v) is 2.85. The van der Waals surface area contributed by atoms with Gasteiger partial charge in [-0.05, 0) is 37.2 Å². The molecule has 1 aromatic carbocycles. The number of aliphatic hydroxyl groups excluding tert-OH is 2. The summed E-state index contributed by atoms with van der Waals surface area (Å²) >= 11 is 0. The lowest BCUT2D eigenvalue weighted by atomic mass is 10.2. The second-order valence-electron chi connectivity index (χ2n) is 4.63. The molecule has 0 heterocycles. The average Bonchev–Trinajstić information content (AvgIpc) is 2.46. The zero-order valence-electron chi connectivity index (χ0n) is 11.8. The van der Waals surface area contributed by atoms with Gasteiger partial charge in [0.05, 0.1) is 18.2 Å². The van der Waals surface area contributed by atoms with Crippen LogP contribution < -0.4 is 4.74 Å². The van der Waals surface area contributed by atoms with Crippen molar-refractivity contribution in [3.8, 4) is 11.8 Å². The lowest BCUT2D eigenvalue weighted by Gasteiger charge is -2.23. The van der Waals surface area contributed by atoms with E-state index in [2.05, 4.69) is 6.92 Å². The fourth-order valence-electron chi connectivity index (χ4n) is 1.92. The average molecular weight is 278 g/mol. The molecule has 110 valence electrons. The summed E-state index contributed by atoms with van der Waals surface area (Å²) in [7, 11) is 0. The van der Waals surface area contributed by atoms with Crippen LogP contribution in [0.4, 0.5) is 0 Å². The van der Waals surface area contributed by atoms with E-state index < -0.39 is 6.10 Å². The zero-order valence-corrected chi connectivity index (χ0v) is 11.8. The van der Waals surface area contributed by atoms with Gasteiger partial charge in [0.25, 0.3) is 0 Å². The first-order chi connectivity index (χ1) is 9.69. The Hall–Kier alpha value is -1.61. The number of nitriles is 1. The highest BCUT2D eigenvalue weighted by atomic mass is 16.5. The SMILES string of the molecule is CCCN(CCO)CC(O)COc1ccc(C#N)cc1. The van der Waals surface area contributed by atoms with Gasteiger partial charge in [0.1, 0.15) is 18.5 Å². The van der Waals surface area contributed by atoms with Crippen molar-refractivity contribution < 1.29 is 14.9 Å². The van der Waals surface area contributed by atoms with Gasteiger partial charge < -0.3 is 14.9 Å². The summed E-state index contributed by atoms with van der Waals surface area (Å²) in [6.07, 6.45) is 0.368.